The molecule has 2 aliphatic rings. The van der Waals surface area contributed by atoms with Gasteiger partial charge in [0.05, 0.1) is 6.20 Å². The minimum Gasteiger partial charge on any atom is -0.489 e. The van der Waals surface area contributed by atoms with Crippen LogP contribution in [-0.4, -0.2) is 49.6 Å². The van der Waals surface area contributed by atoms with Gasteiger partial charge in [-0.3, -0.25) is 15.7 Å². The van der Waals surface area contributed by atoms with Gasteiger partial charge in [0.2, 0.25) is 5.96 Å². The Labute approximate surface area is 244 Å². The highest BCUT2D eigenvalue weighted by Crippen LogP contribution is 2.42. The molecule has 1 aromatic rings. The maximum Gasteiger partial charge on any atom is 0.203 e. The van der Waals surface area contributed by atoms with Gasteiger partial charge in [0.1, 0.15) is 17.7 Å². The number of nitrogens with two attached hydrogens (primary N) is 1. The van der Waals surface area contributed by atoms with Gasteiger partial charge < -0.3 is 19.8 Å². The summed E-state index contributed by atoms with van der Waals surface area (Å²) < 4.78 is 13.2. The van der Waals surface area contributed by atoms with Crippen LogP contribution in [0.2, 0.25) is 16.6 Å². The van der Waals surface area contributed by atoms with Crippen LogP contribution in [0.15, 0.2) is 36.2 Å². The van der Waals surface area contributed by atoms with Gasteiger partial charge in [-0.1, -0.05) is 65.8 Å². The van der Waals surface area contributed by atoms with E-state index in [-0.39, 0.29) is 12.1 Å². The van der Waals surface area contributed by atoms with Crippen molar-refractivity contribution in [2.24, 2.45) is 11.7 Å². The summed E-state index contributed by atoms with van der Waals surface area (Å²) in [4.78, 5) is 3.75. The van der Waals surface area contributed by atoms with E-state index in [0.717, 1.165) is 62.9 Å². The minimum absolute atomic E-state index is 0.0496. The molecule has 0 aromatic heterocycles. The second-order valence-corrected chi connectivity index (χ2v) is 18.3. The molecule has 1 heterocycles. The van der Waals surface area contributed by atoms with Gasteiger partial charge in [-0.2, -0.15) is 0 Å². The summed E-state index contributed by atoms with van der Waals surface area (Å²) in [5, 5.41) is 17.3. The van der Waals surface area contributed by atoms with E-state index >= 15 is 0 Å². The molecule has 8 heteroatoms. The summed E-state index contributed by atoms with van der Waals surface area (Å²) >= 11 is 0. The predicted molar refractivity (Wildman–Crippen MR) is 169 cm³/mol. The molecule has 0 amide bonds. The van der Waals surface area contributed by atoms with Crippen molar-refractivity contribution in [2.45, 2.75) is 116 Å². The lowest BCUT2D eigenvalue weighted by atomic mass is 9.86. The fraction of sp³-hybridized carbons (Fsp3) is 0.688. The molecule has 1 saturated heterocycles. The monoisotopic (exact) mass is 569 g/mol. The van der Waals surface area contributed by atoms with E-state index in [1.54, 1.807) is 18.0 Å². The van der Waals surface area contributed by atoms with Crippen LogP contribution in [0.25, 0.3) is 0 Å². The van der Waals surface area contributed by atoms with Gasteiger partial charge in [0.25, 0.3) is 0 Å². The van der Waals surface area contributed by atoms with Crippen molar-refractivity contribution in [1.82, 2.24) is 9.80 Å². The zero-order chi connectivity index (χ0) is 29.6. The molecule has 0 radical (unpaired) electrons. The Bertz CT molecular complexity index is 1010. The summed E-state index contributed by atoms with van der Waals surface area (Å²) in [7, 11) is -1.83. The van der Waals surface area contributed by atoms with Crippen LogP contribution in [-0.2, 0) is 9.16 Å². The number of nitrogens with zero attached hydrogens (tertiary/aromatic N) is 2. The maximum atomic E-state index is 8.93. The number of ether oxygens (including phenoxy) is 1. The third-order valence-corrected chi connectivity index (χ3v) is 15.3. The smallest absolute Gasteiger partial charge is 0.203 e. The molecule has 4 N–H and O–H groups in total. The Morgan fingerprint density at radius 1 is 0.975 bits per heavy atom. The second-order valence-electron chi connectivity index (χ2n) is 12.8. The van der Waals surface area contributed by atoms with Gasteiger partial charge >= 0.3 is 0 Å². The molecular weight excluding hydrogens is 514 g/mol. The van der Waals surface area contributed by atoms with E-state index < -0.39 is 8.32 Å². The van der Waals surface area contributed by atoms with Crippen molar-refractivity contribution >= 4 is 20.1 Å². The third-order valence-electron chi connectivity index (χ3n) is 9.21. The number of benzene rings is 1. The van der Waals surface area contributed by atoms with Crippen LogP contribution < -0.4 is 5.73 Å². The number of guanidine groups is 1. The molecule has 1 fully saturated rings. The topological polar surface area (TPSA) is 98.7 Å². The Morgan fingerprint density at radius 3 is 2.10 bits per heavy atom. The first kappa shape index (κ1) is 32.4. The second kappa shape index (κ2) is 14.1. The molecule has 7 nitrogen and oxygen atoms in total. The van der Waals surface area contributed by atoms with Crippen LogP contribution in [0.4, 0.5) is 0 Å². The lowest BCUT2D eigenvalue weighted by Crippen LogP contribution is -2.48. The molecule has 40 heavy (non-hydrogen) atoms. The first-order valence-corrected chi connectivity index (χ1v) is 17.5. The van der Waals surface area contributed by atoms with Gasteiger partial charge in [-0.25, -0.2) is 0 Å². The Morgan fingerprint density at radius 2 is 1.55 bits per heavy atom. The molecule has 1 aromatic carbocycles. The number of piperidine rings is 1. The highest BCUT2D eigenvalue weighted by molar-refractivity contribution is 6.77. The van der Waals surface area contributed by atoms with E-state index in [2.05, 4.69) is 58.6 Å². The molecule has 1 aliphatic heterocycles. The third kappa shape index (κ3) is 7.37. The molecular formula is C32H55N5O2Si. The SMILES string of the molecule is CC(=N)N(C=C(C)OC1CCC(N)c2ccccc21)C(=N)N1CCC(CCO[Si](C(C)C)(C(C)C)C(C)C)CC1. The van der Waals surface area contributed by atoms with E-state index in [1.807, 2.05) is 19.1 Å². The number of allylic oxidation sites excluding steroid dienone is 1. The normalized spacial score (nSPS) is 20.7. The van der Waals surface area contributed by atoms with Crippen molar-refractivity contribution in [1.29, 1.82) is 10.8 Å². The predicted octanol–water partition coefficient (Wildman–Crippen LogP) is 7.93. The first-order chi connectivity index (χ1) is 18.9. The number of likely N-dealkylation sites (tertiary alicyclic amines) is 1. The maximum absolute atomic E-state index is 8.93. The zero-order valence-electron chi connectivity index (χ0n) is 26.3. The van der Waals surface area contributed by atoms with E-state index in [9.17, 15) is 0 Å². The molecule has 224 valence electrons. The summed E-state index contributed by atoms with van der Waals surface area (Å²) in [6, 6.07) is 8.29. The average molecular weight is 570 g/mol. The van der Waals surface area contributed by atoms with Gasteiger partial charge in [-0.05, 0) is 79.6 Å². The van der Waals surface area contributed by atoms with E-state index in [0.29, 0.717) is 40.1 Å². The van der Waals surface area contributed by atoms with Crippen molar-refractivity contribution in [3.63, 3.8) is 0 Å². The highest BCUT2D eigenvalue weighted by Gasteiger charge is 2.45. The van der Waals surface area contributed by atoms with Crippen LogP contribution in [0, 0.1) is 16.7 Å². The number of rotatable bonds is 10. The number of fused-ring (bicyclic) bond motifs is 1. The Balaban J connectivity index is 1.56. The van der Waals surface area contributed by atoms with Gasteiger partial charge in [0.15, 0.2) is 8.32 Å². The number of hydrogen-bond donors (Lipinski definition) is 3. The van der Waals surface area contributed by atoms with E-state index in [4.69, 9.17) is 25.7 Å². The highest BCUT2D eigenvalue weighted by atomic mass is 28.4. The first-order valence-electron chi connectivity index (χ1n) is 15.4. The fourth-order valence-electron chi connectivity index (χ4n) is 7.15. The van der Waals surface area contributed by atoms with Crippen LogP contribution in [0.3, 0.4) is 0 Å². The van der Waals surface area contributed by atoms with Crippen molar-refractivity contribution in [2.75, 3.05) is 19.7 Å². The van der Waals surface area contributed by atoms with Crippen molar-refractivity contribution in [3.05, 3.63) is 47.4 Å². The molecule has 0 saturated carbocycles. The molecule has 1 aliphatic carbocycles. The van der Waals surface area contributed by atoms with E-state index in [1.165, 1.54) is 0 Å². The molecule has 0 bridgehead atoms. The zero-order valence-corrected chi connectivity index (χ0v) is 27.3. The quantitative estimate of drug-likeness (QED) is 0.115. The lowest BCUT2D eigenvalue weighted by molar-refractivity contribution is 0.0958. The summed E-state index contributed by atoms with van der Waals surface area (Å²) in [6.07, 6.45) is 6.67. The Hall–Kier alpha value is -2.16. The van der Waals surface area contributed by atoms with Crippen LogP contribution in [0.1, 0.15) is 111 Å². The lowest BCUT2D eigenvalue weighted by Gasteiger charge is -2.43. The summed E-state index contributed by atoms with van der Waals surface area (Å²) in [5.41, 5.74) is 10.4. The summed E-state index contributed by atoms with van der Waals surface area (Å²) in [6.45, 7) is 20.2. The molecule has 3 rings (SSSR count). The number of amidine groups is 1. The van der Waals surface area contributed by atoms with Gasteiger partial charge in [-0.15, -0.1) is 0 Å². The van der Waals surface area contributed by atoms with Crippen molar-refractivity contribution in [3.8, 4) is 0 Å². The fourth-order valence-corrected chi connectivity index (χ4v) is 12.6. The van der Waals surface area contributed by atoms with Crippen LogP contribution in [0.5, 0.6) is 0 Å². The van der Waals surface area contributed by atoms with Crippen LogP contribution >= 0.6 is 0 Å². The minimum atomic E-state index is -1.83. The summed E-state index contributed by atoms with van der Waals surface area (Å²) in [5.74, 6) is 1.98. The van der Waals surface area contributed by atoms with Crippen molar-refractivity contribution < 1.29 is 9.16 Å². The number of nitrogens with one attached hydrogen (secondary N) is 2. The Kier molecular flexibility index (Phi) is 11.4. The average Bonchev–Trinajstić information content (AvgIpc) is 2.90. The number of hydrogen-bond acceptors (Lipinski definition) is 5. The molecule has 2 atom stereocenters. The standard InChI is InChI=1S/C32H55N5O2Si/c1-22(2)40(23(3)4,24(5)6)38-20-17-27-15-18-36(19-16-27)32(35)37(26(8)33)21-25(7)39-31-14-13-30(34)28-11-9-10-12-29(28)31/h9-12,21-24,27,30-31,33,35H,13-20,34H2,1-8H3. The molecule has 0 spiro atoms. The van der Waals surface area contributed by atoms with Gasteiger partial charge in [0, 0.05) is 25.7 Å². The largest absolute Gasteiger partial charge is 0.489 e. The molecule has 2 unspecified atom stereocenters.